The summed E-state index contributed by atoms with van der Waals surface area (Å²) in [7, 11) is 1.67. The number of thioether (sulfide) groups is 1. The van der Waals surface area contributed by atoms with E-state index in [1.54, 1.807) is 36.4 Å². The summed E-state index contributed by atoms with van der Waals surface area (Å²) in [6.45, 7) is 2.09. The maximum atomic E-state index is 5.17. The SMILES string of the molecule is CCc1nnc(CSCc2cc(OC)ccn2)s1. The molecule has 2 heterocycles. The molecule has 0 aliphatic heterocycles. The predicted molar refractivity (Wildman–Crippen MR) is 75.1 cm³/mol. The van der Waals surface area contributed by atoms with Gasteiger partial charge in [0, 0.05) is 23.8 Å². The molecule has 0 amide bonds. The normalized spacial score (nSPS) is 10.6. The third-order valence-electron chi connectivity index (χ3n) is 2.31. The lowest BCUT2D eigenvalue weighted by molar-refractivity contribution is 0.413. The topological polar surface area (TPSA) is 47.9 Å². The highest BCUT2D eigenvalue weighted by atomic mass is 32.2. The molecule has 0 aliphatic rings. The fourth-order valence-corrected chi connectivity index (χ4v) is 3.16. The van der Waals surface area contributed by atoms with E-state index in [-0.39, 0.29) is 0 Å². The van der Waals surface area contributed by atoms with Gasteiger partial charge < -0.3 is 4.74 Å². The Labute approximate surface area is 115 Å². The quantitative estimate of drug-likeness (QED) is 0.814. The average molecular weight is 281 g/mol. The van der Waals surface area contributed by atoms with Crippen molar-refractivity contribution in [2.24, 2.45) is 0 Å². The summed E-state index contributed by atoms with van der Waals surface area (Å²) >= 11 is 3.48. The van der Waals surface area contributed by atoms with E-state index in [4.69, 9.17) is 4.74 Å². The Balaban J connectivity index is 1.84. The van der Waals surface area contributed by atoms with Gasteiger partial charge in [0.15, 0.2) is 0 Å². The molecule has 18 heavy (non-hydrogen) atoms. The van der Waals surface area contributed by atoms with Crippen molar-refractivity contribution in [3.05, 3.63) is 34.0 Å². The molecule has 0 saturated heterocycles. The van der Waals surface area contributed by atoms with Gasteiger partial charge in [-0.15, -0.1) is 33.3 Å². The summed E-state index contributed by atoms with van der Waals surface area (Å²) in [6, 6.07) is 3.82. The number of rotatable bonds is 6. The van der Waals surface area contributed by atoms with Crippen molar-refractivity contribution >= 4 is 23.1 Å². The number of hydrogen-bond donors (Lipinski definition) is 0. The van der Waals surface area contributed by atoms with Gasteiger partial charge in [-0.3, -0.25) is 4.98 Å². The molecular formula is C12H15N3OS2. The highest BCUT2D eigenvalue weighted by molar-refractivity contribution is 7.97. The summed E-state index contributed by atoms with van der Waals surface area (Å²) in [4.78, 5) is 4.31. The molecular weight excluding hydrogens is 266 g/mol. The number of hydrogen-bond acceptors (Lipinski definition) is 6. The molecule has 0 fully saturated rings. The van der Waals surface area contributed by atoms with Gasteiger partial charge in [-0.05, 0) is 12.5 Å². The molecule has 2 aromatic heterocycles. The zero-order valence-electron chi connectivity index (χ0n) is 10.4. The minimum absolute atomic E-state index is 0.852. The van der Waals surface area contributed by atoms with Crippen molar-refractivity contribution in [3.63, 3.8) is 0 Å². The lowest BCUT2D eigenvalue weighted by Crippen LogP contribution is -1.90. The van der Waals surface area contributed by atoms with Crippen molar-refractivity contribution in [2.75, 3.05) is 7.11 Å². The Morgan fingerprint density at radius 1 is 1.28 bits per heavy atom. The first-order chi connectivity index (χ1) is 8.81. The van der Waals surface area contributed by atoms with Crippen LogP contribution in [0.5, 0.6) is 5.75 Å². The van der Waals surface area contributed by atoms with Crippen LogP contribution in [0.15, 0.2) is 18.3 Å². The zero-order valence-corrected chi connectivity index (χ0v) is 12.1. The van der Waals surface area contributed by atoms with Gasteiger partial charge in [0.25, 0.3) is 0 Å². The number of methoxy groups -OCH3 is 1. The van der Waals surface area contributed by atoms with Crippen LogP contribution in [-0.2, 0) is 17.9 Å². The maximum Gasteiger partial charge on any atom is 0.127 e. The molecule has 0 N–H and O–H groups in total. The van der Waals surface area contributed by atoms with E-state index in [0.29, 0.717) is 0 Å². The first-order valence-electron chi connectivity index (χ1n) is 5.69. The zero-order chi connectivity index (χ0) is 12.8. The Bertz CT molecular complexity index is 502. The number of ether oxygens (including phenoxy) is 1. The van der Waals surface area contributed by atoms with Crippen LogP contribution in [0, 0.1) is 0 Å². The second-order valence-electron chi connectivity index (χ2n) is 3.62. The van der Waals surface area contributed by atoms with Gasteiger partial charge in [-0.25, -0.2) is 0 Å². The van der Waals surface area contributed by atoms with E-state index in [9.17, 15) is 0 Å². The molecule has 0 unspecified atom stereocenters. The van der Waals surface area contributed by atoms with Crippen LogP contribution < -0.4 is 4.74 Å². The standard InChI is InChI=1S/C12H15N3OS2/c1-3-11-14-15-12(18-11)8-17-7-9-6-10(16-2)4-5-13-9/h4-6H,3,7-8H2,1-2H3. The molecule has 0 aromatic carbocycles. The smallest absolute Gasteiger partial charge is 0.127 e. The van der Waals surface area contributed by atoms with Crippen molar-refractivity contribution in [1.82, 2.24) is 15.2 Å². The van der Waals surface area contributed by atoms with E-state index < -0.39 is 0 Å². The van der Waals surface area contributed by atoms with Crippen LogP contribution in [0.2, 0.25) is 0 Å². The van der Waals surface area contributed by atoms with Crippen molar-refractivity contribution in [2.45, 2.75) is 24.9 Å². The van der Waals surface area contributed by atoms with Crippen LogP contribution in [0.25, 0.3) is 0 Å². The fourth-order valence-electron chi connectivity index (χ4n) is 1.39. The second-order valence-corrected chi connectivity index (χ2v) is 5.76. The Kier molecular flexibility index (Phi) is 4.95. The summed E-state index contributed by atoms with van der Waals surface area (Å²) in [5.41, 5.74) is 1.03. The lowest BCUT2D eigenvalue weighted by Gasteiger charge is -2.02. The van der Waals surface area contributed by atoms with Crippen molar-refractivity contribution in [3.8, 4) is 5.75 Å². The predicted octanol–water partition coefficient (Wildman–Crippen LogP) is 2.94. The van der Waals surface area contributed by atoms with Crippen LogP contribution >= 0.6 is 23.1 Å². The molecule has 6 heteroatoms. The van der Waals surface area contributed by atoms with Gasteiger partial charge >= 0.3 is 0 Å². The summed E-state index contributed by atoms with van der Waals surface area (Å²) < 4.78 is 5.17. The first kappa shape index (κ1) is 13.3. The summed E-state index contributed by atoms with van der Waals surface area (Å²) in [5.74, 6) is 2.60. The van der Waals surface area contributed by atoms with Gasteiger partial charge in [-0.1, -0.05) is 6.92 Å². The number of nitrogens with zero attached hydrogens (tertiary/aromatic N) is 3. The minimum atomic E-state index is 0.852. The highest BCUT2D eigenvalue weighted by Crippen LogP contribution is 2.21. The summed E-state index contributed by atoms with van der Waals surface area (Å²) in [5, 5.41) is 10.4. The van der Waals surface area contributed by atoms with Crippen LogP contribution in [0.3, 0.4) is 0 Å². The monoisotopic (exact) mass is 281 g/mol. The Morgan fingerprint density at radius 3 is 2.83 bits per heavy atom. The van der Waals surface area contributed by atoms with E-state index >= 15 is 0 Å². The molecule has 2 rings (SSSR count). The second kappa shape index (κ2) is 6.70. The van der Waals surface area contributed by atoms with Crippen LogP contribution in [0.1, 0.15) is 22.6 Å². The fraction of sp³-hybridized carbons (Fsp3) is 0.417. The third-order valence-corrected chi connectivity index (χ3v) is 4.54. The van der Waals surface area contributed by atoms with Crippen LogP contribution in [-0.4, -0.2) is 22.3 Å². The third kappa shape index (κ3) is 3.68. The van der Waals surface area contributed by atoms with E-state index in [0.717, 1.165) is 39.4 Å². The largest absolute Gasteiger partial charge is 0.497 e. The van der Waals surface area contributed by atoms with Gasteiger partial charge in [0.1, 0.15) is 15.8 Å². The van der Waals surface area contributed by atoms with Gasteiger partial charge in [-0.2, -0.15) is 0 Å². The molecule has 0 aliphatic carbocycles. The molecule has 0 bridgehead atoms. The first-order valence-corrected chi connectivity index (χ1v) is 7.67. The lowest BCUT2D eigenvalue weighted by atomic mass is 10.3. The number of aromatic nitrogens is 3. The average Bonchev–Trinajstić information content (AvgIpc) is 2.87. The Hall–Kier alpha value is -1.14. The van der Waals surface area contributed by atoms with Crippen LogP contribution in [0.4, 0.5) is 0 Å². The van der Waals surface area contributed by atoms with Crippen molar-refractivity contribution in [1.29, 1.82) is 0 Å². The van der Waals surface area contributed by atoms with E-state index in [1.807, 2.05) is 12.1 Å². The summed E-state index contributed by atoms with van der Waals surface area (Å²) in [6.07, 6.45) is 2.73. The molecule has 0 saturated carbocycles. The number of pyridine rings is 1. The molecule has 2 aromatic rings. The molecule has 4 nitrogen and oxygen atoms in total. The molecule has 0 radical (unpaired) electrons. The van der Waals surface area contributed by atoms with Crippen molar-refractivity contribution < 1.29 is 4.74 Å². The molecule has 96 valence electrons. The maximum absolute atomic E-state index is 5.17. The van der Waals surface area contributed by atoms with Gasteiger partial charge in [0.05, 0.1) is 12.8 Å². The van der Waals surface area contributed by atoms with E-state index in [1.165, 1.54) is 0 Å². The van der Waals surface area contributed by atoms with E-state index in [2.05, 4.69) is 22.1 Å². The molecule has 0 atom stereocenters. The molecule has 0 spiro atoms. The highest BCUT2D eigenvalue weighted by Gasteiger charge is 2.03. The minimum Gasteiger partial charge on any atom is -0.497 e. The van der Waals surface area contributed by atoms with Gasteiger partial charge in [0.2, 0.25) is 0 Å². The number of aryl methyl sites for hydroxylation is 1. The Morgan fingerprint density at radius 2 is 2.11 bits per heavy atom.